The molecular formula is C16H34N4O2. The summed E-state index contributed by atoms with van der Waals surface area (Å²) in [6.45, 7) is 12.7. The van der Waals surface area contributed by atoms with Gasteiger partial charge in [0.05, 0.1) is 6.10 Å². The van der Waals surface area contributed by atoms with Crippen molar-refractivity contribution in [1.29, 1.82) is 0 Å². The number of nitrogens with one attached hydrogen (secondary N) is 2. The van der Waals surface area contributed by atoms with Gasteiger partial charge >= 0.3 is 6.03 Å². The average molecular weight is 314 g/mol. The molecule has 1 rings (SSSR count). The van der Waals surface area contributed by atoms with Crippen molar-refractivity contribution in [3.63, 3.8) is 0 Å². The van der Waals surface area contributed by atoms with Crippen molar-refractivity contribution in [3.05, 3.63) is 0 Å². The van der Waals surface area contributed by atoms with Gasteiger partial charge in [0.2, 0.25) is 0 Å². The fourth-order valence-corrected chi connectivity index (χ4v) is 2.70. The second-order valence-electron chi connectivity index (χ2n) is 7.08. The molecule has 1 saturated heterocycles. The van der Waals surface area contributed by atoms with Crippen LogP contribution in [0.3, 0.4) is 0 Å². The Morgan fingerprint density at radius 2 is 1.68 bits per heavy atom. The van der Waals surface area contributed by atoms with E-state index < -0.39 is 6.10 Å². The van der Waals surface area contributed by atoms with E-state index in [-0.39, 0.29) is 6.03 Å². The highest BCUT2D eigenvalue weighted by molar-refractivity contribution is 5.73. The summed E-state index contributed by atoms with van der Waals surface area (Å²) < 4.78 is 0. The Bertz CT molecular complexity index is 317. The Morgan fingerprint density at radius 1 is 1.09 bits per heavy atom. The van der Waals surface area contributed by atoms with Crippen LogP contribution in [-0.2, 0) is 0 Å². The van der Waals surface area contributed by atoms with Gasteiger partial charge in [0, 0.05) is 45.8 Å². The highest BCUT2D eigenvalue weighted by Gasteiger charge is 2.16. The molecule has 0 aromatic heterocycles. The molecule has 0 bridgehead atoms. The van der Waals surface area contributed by atoms with Gasteiger partial charge in [-0.2, -0.15) is 0 Å². The zero-order chi connectivity index (χ0) is 16.5. The first-order chi connectivity index (χ1) is 10.4. The van der Waals surface area contributed by atoms with Crippen LogP contribution in [0.4, 0.5) is 4.79 Å². The number of rotatable bonds is 8. The fraction of sp³-hybridized carbons (Fsp3) is 0.938. The van der Waals surface area contributed by atoms with Crippen LogP contribution in [0.2, 0.25) is 0 Å². The maximum Gasteiger partial charge on any atom is 0.314 e. The van der Waals surface area contributed by atoms with Crippen LogP contribution in [0.5, 0.6) is 0 Å². The van der Waals surface area contributed by atoms with Crippen LogP contribution in [0.25, 0.3) is 0 Å². The van der Waals surface area contributed by atoms with Crippen molar-refractivity contribution in [3.8, 4) is 0 Å². The van der Waals surface area contributed by atoms with Gasteiger partial charge < -0.3 is 25.5 Å². The van der Waals surface area contributed by atoms with Crippen LogP contribution in [0, 0.1) is 11.8 Å². The van der Waals surface area contributed by atoms with Crippen LogP contribution in [0.1, 0.15) is 27.2 Å². The summed E-state index contributed by atoms with van der Waals surface area (Å²) in [4.78, 5) is 16.5. The summed E-state index contributed by atoms with van der Waals surface area (Å²) in [5.74, 6) is 0.859. The van der Waals surface area contributed by atoms with Gasteiger partial charge in [-0.1, -0.05) is 20.8 Å². The summed E-state index contributed by atoms with van der Waals surface area (Å²) >= 11 is 0. The minimum atomic E-state index is -0.464. The smallest absolute Gasteiger partial charge is 0.314 e. The molecule has 6 nitrogen and oxygen atoms in total. The number of nitrogens with zero attached hydrogens (tertiary/aromatic N) is 2. The lowest BCUT2D eigenvalue weighted by molar-refractivity contribution is 0.137. The Labute approximate surface area is 135 Å². The SMILES string of the molecule is CC(C)CC(O)CNC(=O)NCC(C)CN1CCN(C)CC1. The predicted octanol–water partition coefficient (Wildman–Crippen LogP) is 0.576. The summed E-state index contributed by atoms with van der Waals surface area (Å²) in [5.41, 5.74) is 0. The number of hydrogen-bond donors (Lipinski definition) is 3. The molecule has 2 atom stereocenters. The van der Waals surface area contributed by atoms with Crippen molar-refractivity contribution < 1.29 is 9.90 Å². The first-order valence-electron chi connectivity index (χ1n) is 8.47. The van der Waals surface area contributed by atoms with Crippen molar-refractivity contribution in [2.75, 3.05) is 52.9 Å². The highest BCUT2D eigenvalue weighted by Crippen LogP contribution is 2.04. The summed E-state index contributed by atoms with van der Waals surface area (Å²) in [5, 5.41) is 15.4. The first-order valence-corrected chi connectivity index (χ1v) is 8.47. The molecule has 22 heavy (non-hydrogen) atoms. The number of amides is 2. The predicted molar refractivity (Wildman–Crippen MR) is 90.0 cm³/mol. The highest BCUT2D eigenvalue weighted by atomic mass is 16.3. The molecule has 1 fully saturated rings. The van der Waals surface area contributed by atoms with Gasteiger partial charge in [-0.15, -0.1) is 0 Å². The lowest BCUT2D eigenvalue weighted by atomic mass is 10.1. The number of hydrogen-bond acceptors (Lipinski definition) is 4. The Balaban J connectivity index is 2.10. The standard InChI is InChI=1S/C16H34N4O2/c1-13(2)9-15(21)11-18-16(22)17-10-14(3)12-20-7-5-19(4)6-8-20/h13-15,21H,5-12H2,1-4H3,(H2,17,18,22). The molecule has 0 saturated carbocycles. The maximum atomic E-state index is 11.7. The monoisotopic (exact) mass is 314 g/mol. The number of carbonyl (C=O) groups excluding carboxylic acids is 1. The molecule has 2 amide bonds. The van der Waals surface area contributed by atoms with Crippen molar-refractivity contribution in [2.24, 2.45) is 11.8 Å². The third-order valence-corrected chi connectivity index (χ3v) is 4.02. The van der Waals surface area contributed by atoms with Crippen molar-refractivity contribution in [2.45, 2.75) is 33.3 Å². The van der Waals surface area contributed by atoms with Gasteiger partial charge in [-0.05, 0) is 25.3 Å². The van der Waals surface area contributed by atoms with Gasteiger partial charge in [0.15, 0.2) is 0 Å². The van der Waals surface area contributed by atoms with E-state index in [0.717, 1.165) is 32.7 Å². The molecule has 0 radical (unpaired) electrons. The zero-order valence-corrected chi connectivity index (χ0v) is 14.6. The van der Waals surface area contributed by atoms with E-state index in [0.29, 0.717) is 31.3 Å². The van der Waals surface area contributed by atoms with E-state index in [1.165, 1.54) is 0 Å². The number of aliphatic hydroxyl groups is 1. The molecule has 0 aromatic carbocycles. The molecule has 0 aromatic rings. The quantitative estimate of drug-likeness (QED) is 0.613. The van der Waals surface area contributed by atoms with Gasteiger partial charge in [-0.3, -0.25) is 0 Å². The minimum absolute atomic E-state index is 0.187. The lowest BCUT2D eigenvalue weighted by Crippen LogP contribution is -2.47. The third-order valence-electron chi connectivity index (χ3n) is 4.02. The lowest BCUT2D eigenvalue weighted by Gasteiger charge is -2.33. The van der Waals surface area contributed by atoms with E-state index in [2.05, 4.69) is 48.3 Å². The number of urea groups is 1. The Hall–Kier alpha value is -0.850. The van der Waals surface area contributed by atoms with Crippen LogP contribution < -0.4 is 10.6 Å². The van der Waals surface area contributed by atoms with E-state index in [1.54, 1.807) is 0 Å². The van der Waals surface area contributed by atoms with Crippen LogP contribution in [0.15, 0.2) is 0 Å². The largest absolute Gasteiger partial charge is 0.391 e. The topological polar surface area (TPSA) is 67.8 Å². The number of likely N-dealkylation sites (N-methyl/N-ethyl adjacent to an activating group) is 1. The normalized spacial score (nSPS) is 19.9. The summed E-state index contributed by atoms with van der Waals surface area (Å²) in [6, 6.07) is -0.187. The zero-order valence-electron chi connectivity index (χ0n) is 14.6. The molecule has 0 spiro atoms. The Kier molecular flexibility index (Phi) is 8.75. The molecule has 3 N–H and O–H groups in total. The molecule has 0 aliphatic carbocycles. The van der Waals surface area contributed by atoms with Gasteiger partial charge in [0.1, 0.15) is 0 Å². The summed E-state index contributed by atoms with van der Waals surface area (Å²) in [7, 11) is 2.15. The molecule has 1 aliphatic heterocycles. The van der Waals surface area contributed by atoms with Crippen molar-refractivity contribution >= 4 is 6.03 Å². The molecule has 2 unspecified atom stereocenters. The third kappa shape index (κ3) is 8.56. The average Bonchev–Trinajstić information content (AvgIpc) is 2.44. The number of aliphatic hydroxyl groups excluding tert-OH is 1. The molecule has 6 heteroatoms. The Morgan fingerprint density at radius 3 is 2.27 bits per heavy atom. The van der Waals surface area contributed by atoms with Crippen molar-refractivity contribution in [1.82, 2.24) is 20.4 Å². The molecular weight excluding hydrogens is 280 g/mol. The molecule has 1 aliphatic rings. The van der Waals surface area contributed by atoms with E-state index in [1.807, 2.05) is 0 Å². The summed E-state index contributed by atoms with van der Waals surface area (Å²) in [6.07, 6.45) is 0.244. The van der Waals surface area contributed by atoms with E-state index in [9.17, 15) is 9.90 Å². The van der Waals surface area contributed by atoms with E-state index in [4.69, 9.17) is 0 Å². The van der Waals surface area contributed by atoms with E-state index >= 15 is 0 Å². The first kappa shape index (κ1) is 19.2. The molecule has 130 valence electrons. The fourth-order valence-electron chi connectivity index (χ4n) is 2.70. The molecule has 1 heterocycles. The second kappa shape index (κ2) is 10.0. The minimum Gasteiger partial charge on any atom is -0.391 e. The van der Waals surface area contributed by atoms with Crippen LogP contribution in [-0.4, -0.2) is 79.9 Å². The van der Waals surface area contributed by atoms with Gasteiger partial charge in [-0.25, -0.2) is 4.79 Å². The van der Waals surface area contributed by atoms with Crippen LogP contribution >= 0.6 is 0 Å². The van der Waals surface area contributed by atoms with Gasteiger partial charge in [0.25, 0.3) is 0 Å². The number of piperazine rings is 1. The number of carbonyl (C=O) groups is 1. The maximum absolute atomic E-state index is 11.7. The second-order valence-corrected chi connectivity index (χ2v) is 7.08.